The average molecular weight is 454 g/mol. The standard InChI is InChI=1S/C22H26N6O5/c1-10-11-7-8-14(13(11)6-5-12(10)19(31)33-22(2,3)4)25-18(30)16-9-15(17(23)29)26-21(27-16)28-20(24)32/h5-6,9,14H,7-8H2,1-4H3,(H2,23,29)(H,25,30)(H3,24,26,27,28,32)/t14-/m0/s1. The number of rotatable bonds is 5. The van der Waals surface area contributed by atoms with Crippen LogP contribution in [-0.2, 0) is 11.2 Å². The zero-order valence-corrected chi connectivity index (χ0v) is 18.8. The van der Waals surface area contributed by atoms with Crippen molar-refractivity contribution in [2.24, 2.45) is 11.5 Å². The number of urea groups is 1. The maximum absolute atomic E-state index is 12.9. The summed E-state index contributed by atoms with van der Waals surface area (Å²) in [6.45, 7) is 7.27. The van der Waals surface area contributed by atoms with Gasteiger partial charge in [-0.1, -0.05) is 6.07 Å². The summed E-state index contributed by atoms with van der Waals surface area (Å²) in [5.74, 6) is -2.19. The predicted molar refractivity (Wildman–Crippen MR) is 119 cm³/mol. The topological polar surface area (TPSA) is 179 Å². The average Bonchev–Trinajstić information content (AvgIpc) is 3.09. The van der Waals surface area contributed by atoms with Crippen LogP contribution >= 0.6 is 0 Å². The van der Waals surface area contributed by atoms with Crippen molar-refractivity contribution in [1.29, 1.82) is 0 Å². The Morgan fingerprint density at radius 2 is 1.76 bits per heavy atom. The van der Waals surface area contributed by atoms with Gasteiger partial charge in [0.15, 0.2) is 0 Å². The molecular formula is C22H26N6O5. The number of ether oxygens (including phenoxy) is 1. The van der Waals surface area contributed by atoms with E-state index in [0.29, 0.717) is 18.4 Å². The maximum Gasteiger partial charge on any atom is 0.338 e. The summed E-state index contributed by atoms with van der Waals surface area (Å²) >= 11 is 0. The van der Waals surface area contributed by atoms with Crippen LogP contribution in [0.4, 0.5) is 10.7 Å². The van der Waals surface area contributed by atoms with Gasteiger partial charge >= 0.3 is 12.0 Å². The third-order valence-electron chi connectivity index (χ3n) is 5.06. The number of hydrogen-bond donors (Lipinski definition) is 4. The van der Waals surface area contributed by atoms with Gasteiger partial charge in [-0.15, -0.1) is 0 Å². The summed E-state index contributed by atoms with van der Waals surface area (Å²) in [5.41, 5.74) is 12.5. The van der Waals surface area contributed by atoms with Gasteiger partial charge in [0.05, 0.1) is 11.6 Å². The minimum Gasteiger partial charge on any atom is -0.456 e. The first kappa shape index (κ1) is 23.6. The number of nitrogens with zero attached hydrogens (tertiary/aromatic N) is 2. The molecule has 3 rings (SSSR count). The van der Waals surface area contributed by atoms with Gasteiger partial charge in [0.1, 0.15) is 17.0 Å². The number of anilines is 1. The number of carbonyl (C=O) groups excluding carboxylic acids is 4. The molecule has 11 heteroatoms. The normalized spacial score (nSPS) is 14.8. The lowest BCUT2D eigenvalue weighted by Gasteiger charge is -2.21. The largest absolute Gasteiger partial charge is 0.456 e. The molecule has 1 heterocycles. The third kappa shape index (κ3) is 5.43. The summed E-state index contributed by atoms with van der Waals surface area (Å²) in [4.78, 5) is 55.8. The molecule has 0 bridgehead atoms. The second-order valence-electron chi connectivity index (χ2n) is 8.69. The molecule has 11 nitrogen and oxygen atoms in total. The van der Waals surface area contributed by atoms with E-state index in [-0.39, 0.29) is 23.4 Å². The predicted octanol–water partition coefficient (Wildman–Crippen LogP) is 1.75. The highest BCUT2D eigenvalue weighted by Crippen LogP contribution is 2.35. The van der Waals surface area contributed by atoms with Crippen molar-refractivity contribution < 1.29 is 23.9 Å². The third-order valence-corrected chi connectivity index (χ3v) is 5.06. The molecule has 1 atom stereocenters. The fraction of sp³-hybridized carbons (Fsp3) is 0.364. The van der Waals surface area contributed by atoms with Gasteiger partial charge in [0, 0.05) is 6.07 Å². The Kier molecular flexibility index (Phi) is 6.34. The number of esters is 1. The molecule has 0 spiro atoms. The van der Waals surface area contributed by atoms with Crippen LogP contribution in [0.2, 0.25) is 0 Å². The van der Waals surface area contributed by atoms with Gasteiger partial charge < -0.3 is 21.5 Å². The van der Waals surface area contributed by atoms with E-state index in [9.17, 15) is 19.2 Å². The van der Waals surface area contributed by atoms with E-state index < -0.39 is 29.4 Å². The van der Waals surface area contributed by atoms with Gasteiger partial charge in [0.25, 0.3) is 11.8 Å². The highest BCUT2D eigenvalue weighted by Gasteiger charge is 2.29. The fourth-order valence-corrected chi connectivity index (χ4v) is 3.67. The van der Waals surface area contributed by atoms with E-state index in [1.54, 1.807) is 32.9 Å². The van der Waals surface area contributed by atoms with Crippen LogP contribution in [-0.4, -0.2) is 39.4 Å². The molecule has 1 aromatic carbocycles. The van der Waals surface area contributed by atoms with E-state index in [4.69, 9.17) is 16.2 Å². The molecule has 0 fully saturated rings. The Balaban J connectivity index is 1.84. The quantitative estimate of drug-likeness (QED) is 0.497. The minimum absolute atomic E-state index is 0.155. The summed E-state index contributed by atoms with van der Waals surface area (Å²) in [5, 5.41) is 5.00. The molecule has 6 N–H and O–H groups in total. The monoisotopic (exact) mass is 454 g/mol. The summed E-state index contributed by atoms with van der Waals surface area (Å²) < 4.78 is 5.48. The lowest BCUT2D eigenvalue weighted by atomic mass is 9.97. The highest BCUT2D eigenvalue weighted by molar-refractivity contribution is 5.98. The van der Waals surface area contributed by atoms with E-state index >= 15 is 0 Å². The summed E-state index contributed by atoms with van der Waals surface area (Å²) in [6.07, 6.45) is 1.27. The molecule has 1 aliphatic carbocycles. The van der Waals surface area contributed by atoms with Crippen molar-refractivity contribution in [1.82, 2.24) is 15.3 Å². The highest BCUT2D eigenvalue weighted by atomic mass is 16.6. The first-order valence-corrected chi connectivity index (χ1v) is 10.3. The van der Waals surface area contributed by atoms with Gasteiger partial charge in [-0.05, 0) is 63.3 Å². The number of primary amides is 2. The maximum atomic E-state index is 12.9. The summed E-state index contributed by atoms with van der Waals surface area (Å²) in [7, 11) is 0. The fourth-order valence-electron chi connectivity index (χ4n) is 3.67. The molecule has 0 radical (unpaired) electrons. The molecule has 4 amide bonds. The van der Waals surface area contributed by atoms with Crippen molar-refractivity contribution in [2.45, 2.75) is 52.2 Å². The second kappa shape index (κ2) is 8.85. The van der Waals surface area contributed by atoms with Crippen LogP contribution in [0.3, 0.4) is 0 Å². The zero-order valence-electron chi connectivity index (χ0n) is 18.8. The van der Waals surface area contributed by atoms with Gasteiger partial charge in [-0.25, -0.2) is 19.6 Å². The second-order valence-corrected chi connectivity index (χ2v) is 8.69. The number of aromatic nitrogens is 2. The first-order chi connectivity index (χ1) is 15.4. The number of hydrogen-bond acceptors (Lipinski definition) is 7. The zero-order chi connectivity index (χ0) is 24.5. The molecule has 1 aliphatic rings. The number of benzene rings is 1. The lowest BCUT2D eigenvalue weighted by Crippen LogP contribution is -2.30. The van der Waals surface area contributed by atoms with Gasteiger partial charge in [-0.3, -0.25) is 14.9 Å². The van der Waals surface area contributed by atoms with Crippen LogP contribution in [0.1, 0.15) is 81.3 Å². The minimum atomic E-state index is -0.955. The molecule has 0 unspecified atom stereocenters. The van der Waals surface area contributed by atoms with Crippen molar-refractivity contribution in [2.75, 3.05) is 5.32 Å². The first-order valence-electron chi connectivity index (χ1n) is 10.3. The Hall–Kier alpha value is -4.02. The van der Waals surface area contributed by atoms with E-state index in [1.807, 2.05) is 6.92 Å². The summed E-state index contributed by atoms with van der Waals surface area (Å²) in [6, 6.07) is 3.34. The van der Waals surface area contributed by atoms with Crippen molar-refractivity contribution >= 4 is 29.8 Å². The lowest BCUT2D eigenvalue weighted by molar-refractivity contribution is 0.00683. The van der Waals surface area contributed by atoms with Crippen molar-refractivity contribution in [3.05, 3.63) is 51.8 Å². The van der Waals surface area contributed by atoms with Gasteiger partial charge in [0.2, 0.25) is 5.95 Å². The number of fused-ring (bicyclic) bond motifs is 1. The Bertz CT molecular complexity index is 1150. The molecule has 0 aliphatic heterocycles. The number of carbonyl (C=O) groups is 4. The molecule has 33 heavy (non-hydrogen) atoms. The van der Waals surface area contributed by atoms with Crippen LogP contribution in [0.5, 0.6) is 0 Å². The van der Waals surface area contributed by atoms with Crippen molar-refractivity contribution in [3.63, 3.8) is 0 Å². The van der Waals surface area contributed by atoms with Crippen molar-refractivity contribution in [3.8, 4) is 0 Å². The van der Waals surface area contributed by atoms with Gasteiger partial charge in [-0.2, -0.15) is 0 Å². The molecule has 2 aromatic rings. The van der Waals surface area contributed by atoms with Crippen LogP contribution in [0, 0.1) is 6.92 Å². The van der Waals surface area contributed by atoms with E-state index in [0.717, 1.165) is 22.8 Å². The smallest absolute Gasteiger partial charge is 0.338 e. The SMILES string of the molecule is Cc1c(C(=O)OC(C)(C)C)ccc2c1CC[C@@H]2NC(=O)c1cc(C(N)=O)nc(NC(N)=O)n1. The Morgan fingerprint density at radius 3 is 2.36 bits per heavy atom. The Labute approximate surface area is 190 Å². The molecule has 1 aromatic heterocycles. The molecule has 0 saturated heterocycles. The molecule has 174 valence electrons. The molecular weight excluding hydrogens is 428 g/mol. The van der Waals surface area contributed by atoms with E-state index in [1.165, 1.54) is 0 Å². The number of nitrogens with two attached hydrogens (primary N) is 2. The van der Waals surface area contributed by atoms with Crippen LogP contribution in [0.25, 0.3) is 0 Å². The Morgan fingerprint density at radius 1 is 1.09 bits per heavy atom. The van der Waals surface area contributed by atoms with Crippen LogP contribution in [0.15, 0.2) is 18.2 Å². The molecule has 0 saturated carbocycles. The number of amides is 4. The van der Waals surface area contributed by atoms with Crippen LogP contribution < -0.4 is 22.1 Å². The number of nitrogens with one attached hydrogen (secondary N) is 2. The van der Waals surface area contributed by atoms with E-state index in [2.05, 4.69) is 20.6 Å².